The van der Waals surface area contributed by atoms with Crippen molar-refractivity contribution in [3.63, 3.8) is 0 Å². The fraction of sp³-hybridized carbons (Fsp3) is 0.462. The number of hydrogen-bond acceptors (Lipinski definition) is 1. The molecule has 0 radical (unpaired) electrons. The Morgan fingerprint density at radius 2 is 2.07 bits per heavy atom. The third-order valence-corrected chi connectivity index (χ3v) is 3.07. The molecule has 0 atom stereocenters. The molecule has 0 aliphatic carbocycles. The first-order chi connectivity index (χ1) is 7.24. The highest BCUT2D eigenvalue weighted by Crippen LogP contribution is 2.12. The second kappa shape index (κ2) is 6.99. The molecule has 0 unspecified atom stereocenters. The maximum absolute atomic E-state index is 11.8. The van der Waals surface area contributed by atoms with Crippen molar-refractivity contribution in [2.75, 3.05) is 0 Å². The van der Waals surface area contributed by atoms with Gasteiger partial charge in [0.15, 0.2) is 5.78 Å². The van der Waals surface area contributed by atoms with Crippen molar-refractivity contribution in [1.82, 2.24) is 0 Å². The lowest BCUT2D eigenvalue weighted by Gasteiger charge is -2.01. The Kier molecular flexibility index (Phi) is 5.91. The lowest BCUT2D eigenvalue weighted by molar-refractivity contribution is 0.0979. The summed E-state index contributed by atoms with van der Waals surface area (Å²) in [5, 5.41) is 0. The van der Waals surface area contributed by atoms with E-state index in [0.717, 1.165) is 15.6 Å². The zero-order chi connectivity index (χ0) is 11.1. The summed E-state index contributed by atoms with van der Waals surface area (Å²) in [6.07, 6.45) is 5.35. The van der Waals surface area contributed by atoms with Gasteiger partial charge in [-0.05, 0) is 41.1 Å². The van der Waals surface area contributed by atoms with Crippen molar-refractivity contribution in [3.05, 3.63) is 33.4 Å². The van der Waals surface area contributed by atoms with Crippen LogP contribution in [0, 0.1) is 3.57 Å². The molecular weight excluding hydrogens is 299 g/mol. The highest BCUT2D eigenvalue weighted by molar-refractivity contribution is 14.1. The van der Waals surface area contributed by atoms with Gasteiger partial charge in [-0.1, -0.05) is 38.3 Å². The highest BCUT2D eigenvalue weighted by atomic mass is 127. The van der Waals surface area contributed by atoms with E-state index in [9.17, 15) is 4.79 Å². The third kappa shape index (κ3) is 4.78. The van der Waals surface area contributed by atoms with Crippen LogP contribution in [0.3, 0.4) is 0 Å². The largest absolute Gasteiger partial charge is 0.294 e. The van der Waals surface area contributed by atoms with E-state index in [-0.39, 0.29) is 5.78 Å². The normalized spacial score (nSPS) is 10.3. The first-order valence-corrected chi connectivity index (χ1v) is 6.60. The monoisotopic (exact) mass is 316 g/mol. The van der Waals surface area contributed by atoms with E-state index in [1.807, 2.05) is 24.3 Å². The molecule has 0 saturated carbocycles. The Balaban J connectivity index is 2.40. The quantitative estimate of drug-likeness (QED) is 0.431. The van der Waals surface area contributed by atoms with E-state index in [1.54, 1.807) is 0 Å². The zero-order valence-corrected chi connectivity index (χ0v) is 11.3. The SMILES string of the molecule is CCCCCCC(=O)c1cccc(I)c1. The minimum atomic E-state index is 0.282. The van der Waals surface area contributed by atoms with Crippen molar-refractivity contribution in [3.8, 4) is 0 Å². The van der Waals surface area contributed by atoms with Crippen LogP contribution in [-0.4, -0.2) is 5.78 Å². The summed E-state index contributed by atoms with van der Waals surface area (Å²) >= 11 is 2.24. The summed E-state index contributed by atoms with van der Waals surface area (Å²) in [6, 6.07) is 7.82. The van der Waals surface area contributed by atoms with Gasteiger partial charge in [0.2, 0.25) is 0 Å². The maximum atomic E-state index is 11.8. The van der Waals surface area contributed by atoms with E-state index in [2.05, 4.69) is 29.5 Å². The highest BCUT2D eigenvalue weighted by Gasteiger charge is 2.04. The topological polar surface area (TPSA) is 17.1 Å². The fourth-order valence-electron chi connectivity index (χ4n) is 1.52. The van der Waals surface area contributed by atoms with Crippen LogP contribution in [0.25, 0.3) is 0 Å². The van der Waals surface area contributed by atoms with Crippen molar-refractivity contribution in [1.29, 1.82) is 0 Å². The van der Waals surface area contributed by atoms with E-state index < -0.39 is 0 Å². The molecule has 1 rings (SSSR count). The Bertz CT molecular complexity index is 320. The Morgan fingerprint density at radius 3 is 2.73 bits per heavy atom. The molecular formula is C13H17IO. The van der Waals surface area contributed by atoms with E-state index in [4.69, 9.17) is 0 Å². The molecule has 0 amide bonds. The van der Waals surface area contributed by atoms with Crippen LogP contribution >= 0.6 is 22.6 Å². The Morgan fingerprint density at radius 1 is 1.27 bits per heavy atom. The summed E-state index contributed by atoms with van der Waals surface area (Å²) in [5.41, 5.74) is 0.860. The number of unbranched alkanes of at least 4 members (excludes halogenated alkanes) is 3. The first-order valence-electron chi connectivity index (χ1n) is 5.53. The molecule has 0 aromatic heterocycles. The van der Waals surface area contributed by atoms with Gasteiger partial charge in [0.05, 0.1) is 0 Å². The van der Waals surface area contributed by atoms with Crippen LogP contribution in [0.15, 0.2) is 24.3 Å². The van der Waals surface area contributed by atoms with Gasteiger partial charge in [0, 0.05) is 15.6 Å². The Labute approximate surface area is 105 Å². The summed E-state index contributed by atoms with van der Waals surface area (Å²) < 4.78 is 1.13. The minimum absolute atomic E-state index is 0.282. The number of rotatable bonds is 6. The van der Waals surface area contributed by atoms with Crippen molar-refractivity contribution in [2.45, 2.75) is 39.0 Å². The van der Waals surface area contributed by atoms with Crippen LogP contribution in [0.2, 0.25) is 0 Å². The molecule has 0 aliphatic heterocycles. The lowest BCUT2D eigenvalue weighted by Crippen LogP contribution is -1.98. The lowest BCUT2D eigenvalue weighted by atomic mass is 10.0. The van der Waals surface area contributed by atoms with E-state index >= 15 is 0 Å². The molecule has 15 heavy (non-hydrogen) atoms. The van der Waals surface area contributed by atoms with Crippen molar-refractivity contribution < 1.29 is 4.79 Å². The molecule has 0 saturated heterocycles. The summed E-state index contributed by atoms with van der Waals surface area (Å²) in [6.45, 7) is 2.18. The van der Waals surface area contributed by atoms with Crippen LogP contribution < -0.4 is 0 Å². The standard InChI is InChI=1S/C13H17IO/c1-2-3-4-5-9-13(15)11-7-6-8-12(14)10-11/h6-8,10H,2-5,9H2,1H3. The number of Topliss-reactive ketones (excluding diaryl/α,β-unsaturated/α-hetero) is 1. The van der Waals surface area contributed by atoms with Crippen molar-refractivity contribution in [2.24, 2.45) is 0 Å². The predicted octanol–water partition coefficient (Wildman–Crippen LogP) is 4.44. The first kappa shape index (κ1) is 12.7. The molecule has 0 spiro atoms. The molecule has 2 heteroatoms. The predicted molar refractivity (Wildman–Crippen MR) is 72.2 cm³/mol. The van der Waals surface area contributed by atoms with Crippen LogP contribution in [0.4, 0.5) is 0 Å². The molecule has 0 bridgehead atoms. The molecule has 0 aliphatic rings. The second-order valence-electron chi connectivity index (χ2n) is 3.74. The minimum Gasteiger partial charge on any atom is -0.294 e. The van der Waals surface area contributed by atoms with E-state index in [0.29, 0.717) is 6.42 Å². The molecule has 82 valence electrons. The molecule has 0 heterocycles. The molecule has 1 aromatic carbocycles. The number of hydrogen-bond donors (Lipinski definition) is 0. The van der Waals surface area contributed by atoms with Gasteiger partial charge < -0.3 is 0 Å². The van der Waals surface area contributed by atoms with Crippen LogP contribution in [-0.2, 0) is 0 Å². The Hall–Kier alpha value is -0.380. The van der Waals surface area contributed by atoms with Gasteiger partial charge in [0.1, 0.15) is 0 Å². The summed E-state index contributed by atoms with van der Waals surface area (Å²) in [5.74, 6) is 0.282. The third-order valence-electron chi connectivity index (χ3n) is 2.40. The molecule has 1 nitrogen and oxygen atoms in total. The number of carbonyl (C=O) groups is 1. The maximum Gasteiger partial charge on any atom is 0.162 e. The number of halogens is 1. The molecule has 0 fully saturated rings. The van der Waals surface area contributed by atoms with E-state index in [1.165, 1.54) is 19.3 Å². The number of carbonyl (C=O) groups excluding carboxylic acids is 1. The number of ketones is 1. The second-order valence-corrected chi connectivity index (χ2v) is 4.99. The molecule has 1 aromatic rings. The van der Waals surface area contributed by atoms with Crippen LogP contribution in [0.5, 0.6) is 0 Å². The zero-order valence-electron chi connectivity index (χ0n) is 9.13. The van der Waals surface area contributed by atoms with Crippen LogP contribution in [0.1, 0.15) is 49.4 Å². The van der Waals surface area contributed by atoms with Gasteiger partial charge in [-0.15, -0.1) is 0 Å². The average Bonchev–Trinajstić information content (AvgIpc) is 2.24. The van der Waals surface area contributed by atoms with Gasteiger partial charge in [0.25, 0.3) is 0 Å². The van der Waals surface area contributed by atoms with Gasteiger partial charge in [-0.25, -0.2) is 0 Å². The van der Waals surface area contributed by atoms with Gasteiger partial charge >= 0.3 is 0 Å². The summed E-state index contributed by atoms with van der Waals surface area (Å²) in [4.78, 5) is 11.8. The fourth-order valence-corrected chi connectivity index (χ4v) is 2.06. The van der Waals surface area contributed by atoms with Gasteiger partial charge in [-0.2, -0.15) is 0 Å². The van der Waals surface area contributed by atoms with Gasteiger partial charge in [-0.3, -0.25) is 4.79 Å². The number of benzene rings is 1. The average molecular weight is 316 g/mol. The summed E-state index contributed by atoms with van der Waals surface area (Å²) in [7, 11) is 0. The van der Waals surface area contributed by atoms with Crippen molar-refractivity contribution >= 4 is 28.4 Å². The smallest absolute Gasteiger partial charge is 0.162 e. The molecule has 0 N–H and O–H groups in total.